The lowest BCUT2D eigenvalue weighted by Gasteiger charge is -2.44. The van der Waals surface area contributed by atoms with E-state index in [1.807, 2.05) is 29.2 Å². The number of hydrogen-bond donors (Lipinski definition) is 0. The van der Waals surface area contributed by atoms with Gasteiger partial charge in [0, 0.05) is 25.2 Å². The van der Waals surface area contributed by atoms with Crippen LogP contribution in [0.25, 0.3) is 0 Å². The Bertz CT molecular complexity index is 494. The zero-order chi connectivity index (χ0) is 16.2. The molecule has 0 spiro atoms. The lowest BCUT2D eigenvalue weighted by atomic mass is 9.63. The number of benzene rings is 1. The first-order valence-electron chi connectivity index (χ1n) is 8.04. The van der Waals surface area contributed by atoms with Crippen LogP contribution in [0.1, 0.15) is 38.7 Å². The number of amides is 1. The number of halogens is 1. The topological polar surface area (TPSA) is 29.5 Å². The van der Waals surface area contributed by atoms with E-state index in [1.165, 1.54) is 0 Å². The van der Waals surface area contributed by atoms with E-state index in [1.54, 1.807) is 7.11 Å². The second-order valence-electron chi connectivity index (χ2n) is 6.58. The fraction of sp³-hybridized carbons (Fsp3) is 0.611. The first-order valence-corrected chi connectivity index (χ1v) is 8.42. The maximum Gasteiger partial charge on any atom is 0.233 e. The third kappa shape index (κ3) is 3.64. The molecule has 1 amide bonds. The first kappa shape index (κ1) is 17.3. The zero-order valence-electron chi connectivity index (χ0n) is 13.8. The molecule has 3 nitrogen and oxygen atoms in total. The molecule has 0 radical (unpaired) electrons. The van der Waals surface area contributed by atoms with Gasteiger partial charge >= 0.3 is 0 Å². The number of rotatable bonds is 7. The van der Waals surface area contributed by atoms with Crippen molar-refractivity contribution in [3.8, 4) is 0 Å². The summed E-state index contributed by atoms with van der Waals surface area (Å²) in [4.78, 5) is 15.2. The van der Waals surface area contributed by atoms with Gasteiger partial charge in [-0.25, -0.2) is 0 Å². The molecule has 1 saturated carbocycles. The fourth-order valence-electron chi connectivity index (χ4n) is 3.15. The second-order valence-corrected chi connectivity index (χ2v) is 7.02. The van der Waals surface area contributed by atoms with Crippen molar-refractivity contribution in [3.63, 3.8) is 0 Å². The van der Waals surface area contributed by atoms with Gasteiger partial charge in [-0.15, -0.1) is 0 Å². The molecule has 1 aliphatic rings. The lowest BCUT2D eigenvalue weighted by Crippen LogP contribution is -2.52. The van der Waals surface area contributed by atoms with Crippen molar-refractivity contribution in [3.05, 3.63) is 34.9 Å². The highest BCUT2D eigenvalue weighted by atomic mass is 35.5. The lowest BCUT2D eigenvalue weighted by molar-refractivity contribution is -0.142. The van der Waals surface area contributed by atoms with Crippen LogP contribution in [-0.2, 0) is 14.9 Å². The molecular weight excluding hydrogens is 298 g/mol. The molecule has 0 aromatic heterocycles. The highest BCUT2D eigenvalue weighted by Gasteiger charge is 2.47. The van der Waals surface area contributed by atoms with Crippen LogP contribution in [0.5, 0.6) is 0 Å². The van der Waals surface area contributed by atoms with Crippen LogP contribution in [0.2, 0.25) is 5.02 Å². The molecule has 1 fully saturated rings. The number of ether oxygens (including phenoxy) is 1. The average Bonchev–Trinajstić information content (AvgIpc) is 2.43. The van der Waals surface area contributed by atoms with E-state index < -0.39 is 0 Å². The van der Waals surface area contributed by atoms with E-state index in [-0.39, 0.29) is 11.3 Å². The number of carbonyl (C=O) groups excluding carboxylic acids is 1. The maximum atomic E-state index is 13.2. The molecule has 1 aromatic carbocycles. The Hall–Kier alpha value is -1.06. The highest BCUT2D eigenvalue weighted by molar-refractivity contribution is 6.30. The summed E-state index contributed by atoms with van der Waals surface area (Å²) in [6.07, 6.45) is 2.96. The summed E-state index contributed by atoms with van der Waals surface area (Å²) in [6.45, 7) is 6.29. The van der Waals surface area contributed by atoms with Crippen LogP contribution in [0, 0.1) is 5.92 Å². The fourth-order valence-corrected chi connectivity index (χ4v) is 3.27. The monoisotopic (exact) mass is 323 g/mol. The molecule has 1 aliphatic carbocycles. The van der Waals surface area contributed by atoms with Gasteiger partial charge in [0.25, 0.3) is 0 Å². The highest BCUT2D eigenvalue weighted by Crippen LogP contribution is 2.45. The Labute approximate surface area is 138 Å². The molecule has 0 heterocycles. The summed E-state index contributed by atoms with van der Waals surface area (Å²) in [5.41, 5.74) is 0.743. The van der Waals surface area contributed by atoms with E-state index in [4.69, 9.17) is 16.3 Å². The third-order valence-corrected chi connectivity index (χ3v) is 4.70. The molecule has 0 N–H and O–H groups in total. The van der Waals surface area contributed by atoms with E-state index >= 15 is 0 Å². The minimum Gasteiger partial charge on any atom is -0.383 e. The number of methoxy groups -OCH3 is 1. The van der Waals surface area contributed by atoms with E-state index in [9.17, 15) is 4.79 Å². The number of nitrogens with zero attached hydrogens (tertiary/aromatic N) is 1. The quantitative estimate of drug-likeness (QED) is 0.761. The van der Waals surface area contributed by atoms with Gasteiger partial charge in [-0.2, -0.15) is 0 Å². The normalized spacial score (nSPS) is 16.4. The summed E-state index contributed by atoms with van der Waals surface area (Å²) < 4.78 is 5.18. The third-order valence-electron chi connectivity index (χ3n) is 4.45. The van der Waals surface area contributed by atoms with Gasteiger partial charge in [0.2, 0.25) is 5.91 Å². The predicted octanol–water partition coefficient (Wildman–Crippen LogP) is 3.89. The van der Waals surface area contributed by atoms with Crippen molar-refractivity contribution in [1.29, 1.82) is 0 Å². The van der Waals surface area contributed by atoms with Gasteiger partial charge in [0.1, 0.15) is 0 Å². The van der Waals surface area contributed by atoms with Crippen molar-refractivity contribution in [2.24, 2.45) is 5.92 Å². The van der Waals surface area contributed by atoms with Crippen molar-refractivity contribution < 1.29 is 9.53 Å². The molecule has 0 saturated heterocycles. The van der Waals surface area contributed by atoms with E-state index in [0.717, 1.165) is 31.4 Å². The van der Waals surface area contributed by atoms with Crippen LogP contribution in [0.4, 0.5) is 0 Å². The van der Waals surface area contributed by atoms with Gasteiger partial charge in [0.05, 0.1) is 12.0 Å². The van der Waals surface area contributed by atoms with Crippen LogP contribution in [0.3, 0.4) is 0 Å². The Morgan fingerprint density at radius 1 is 1.32 bits per heavy atom. The van der Waals surface area contributed by atoms with Crippen LogP contribution in [0.15, 0.2) is 24.3 Å². The van der Waals surface area contributed by atoms with Crippen LogP contribution >= 0.6 is 11.6 Å². The molecule has 0 unspecified atom stereocenters. The summed E-state index contributed by atoms with van der Waals surface area (Å²) in [5, 5.41) is 0.712. The Kier molecular flexibility index (Phi) is 5.87. The largest absolute Gasteiger partial charge is 0.383 e. The van der Waals surface area contributed by atoms with Crippen LogP contribution in [-0.4, -0.2) is 37.6 Å². The van der Waals surface area contributed by atoms with Crippen molar-refractivity contribution in [2.75, 3.05) is 26.8 Å². The van der Waals surface area contributed by atoms with Crippen molar-refractivity contribution in [2.45, 2.75) is 38.5 Å². The smallest absolute Gasteiger partial charge is 0.233 e. The molecule has 0 bridgehead atoms. The average molecular weight is 324 g/mol. The molecule has 1 aromatic rings. The SMILES string of the molecule is COCCN(CC(C)C)C(=O)C1(c2ccc(Cl)cc2)CCC1. The van der Waals surface area contributed by atoms with Gasteiger partial charge in [0.15, 0.2) is 0 Å². The number of carbonyl (C=O) groups is 1. The van der Waals surface area contributed by atoms with Gasteiger partial charge in [-0.3, -0.25) is 4.79 Å². The van der Waals surface area contributed by atoms with Crippen molar-refractivity contribution in [1.82, 2.24) is 4.90 Å². The first-order chi connectivity index (χ1) is 10.5. The van der Waals surface area contributed by atoms with Gasteiger partial charge < -0.3 is 9.64 Å². The standard InChI is InChI=1S/C18H26ClNO2/c1-14(2)13-20(11-12-22-3)17(21)18(9-4-10-18)15-5-7-16(19)8-6-15/h5-8,14H,4,9-13H2,1-3H3. The van der Waals surface area contributed by atoms with E-state index in [2.05, 4.69) is 13.8 Å². The zero-order valence-corrected chi connectivity index (χ0v) is 14.5. The summed E-state index contributed by atoms with van der Waals surface area (Å²) in [5.74, 6) is 0.690. The Morgan fingerprint density at radius 3 is 2.41 bits per heavy atom. The molecular formula is C18H26ClNO2. The van der Waals surface area contributed by atoms with Gasteiger partial charge in [-0.1, -0.05) is 44.0 Å². The summed E-state index contributed by atoms with van der Waals surface area (Å²) in [6, 6.07) is 7.77. The molecule has 2 rings (SSSR count). The minimum atomic E-state index is -0.354. The Balaban J connectivity index is 2.23. The minimum absolute atomic E-state index is 0.242. The van der Waals surface area contributed by atoms with Gasteiger partial charge in [-0.05, 0) is 36.5 Å². The van der Waals surface area contributed by atoms with Crippen molar-refractivity contribution >= 4 is 17.5 Å². The molecule has 0 aliphatic heterocycles. The Morgan fingerprint density at radius 2 is 1.95 bits per heavy atom. The predicted molar refractivity (Wildman–Crippen MR) is 90.3 cm³/mol. The number of hydrogen-bond acceptors (Lipinski definition) is 2. The summed E-state index contributed by atoms with van der Waals surface area (Å²) >= 11 is 5.99. The van der Waals surface area contributed by atoms with E-state index in [0.29, 0.717) is 24.1 Å². The second kappa shape index (κ2) is 7.47. The molecule has 22 heavy (non-hydrogen) atoms. The van der Waals surface area contributed by atoms with Crippen LogP contribution < -0.4 is 0 Å². The molecule has 122 valence electrons. The summed E-state index contributed by atoms with van der Waals surface area (Å²) in [7, 11) is 1.68. The molecule has 4 heteroatoms. The molecule has 0 atom stereocenters. The maximum absolute atomic E-state index is 13.2.